The number of pyridine rings is 1. The molecule has 0 spiro atoms. The lowest BCUT2D eigenvalue weighted by molar-refractivity contribution is 0.100. The lowest BCUT2D eigenvalue weighted by atomic mass is 10.1. The Labute approximate surface area is 193 Å². The fourth-order valence-corrected chi connectivity index (χ4v) is 5.43. The average molecular weight is 496 g/mol. The number of rotatable bonds is 6. The molecule has 7 nitrogen and oxygen atoms in total. The van der Waals surface area contributed by atoms with E-state index >= 15 is 0 Å². The van der Waals surface area contributed by atoms with Crippen LogP contribution in [0.2, 0.25) is 5.02 Å². The van der Waals surface area contributed by atoms with Crippen molar-refractivity contribution < 1.29 is 18.4 Å². The number of halogens is 3. The summed E-state index contributed by atoms with van der Waals surface area (Å²) in [6.07, 6.45) is -1.47. The van der Waals surface area contributed by atoms with Crippen LogP contribution < -0.4 is 11.1 Å². The number of carbonyl (C=O) groups is 2. The van der Waals surface area contributed by atoms with E-state index in [-0.39, 0.29) is 26.1 Å². The molecule has 12 heteroatoms. The van der Waals surface area contributed by atoms with E-state index in [9.17, 15) is 18.4 Å². The number of aromatic nitrogens is 3. The number of carbonyl (C=O) groups excluding carboxylic acids is 2. The zero-order valence-corrected chi connectivity index (χ0v) is 19.2. The first-order chi connectivity index (χ1) is 15.2. The SMILES string of the molecule is CCn1ncc(Cl)c1C(=O)Nc1c(C(N)=O)sc2nc(C(F)F)cc(-c3ccc(C)s3)c12. The molecule has 3 N–H and O–H groups in total. The zero-order valence-electron chi connectivity index (χ0n) is 16.8. The first-order valence-electron chi connectivity index (χ1n) is 9.36. The molecular weight excluding hydrogens is 480 g/mol. The van der Waals surface area contributed by atoms with Gasteiger partial charge in [-0.3, -0.25) is 14.3 Å². The van der Waals surface area contributed by atoms with E-state index in [4.69, 9.17) is 17.3 Å². The largest absolute Gasteiger partial charge is 0.365 e. The quantitative estimate of drug-likeness (QED) is 0.369. The molecule has 0 fully saturated rings. The van der Waals surface area contributed by atoms with Crippen molar-refractivity contribution in [2.24, 2.45) is 5.73 Å². The van der Waals surface area contributed by atoms with Gasteiger partial charge in [-0.25, -0.2) is 13.8 Å². The molecule has 0 aliphatic rings. The number of aryl methyl sites for hydroxylation is 2. The molecule has 4 heterocycles. The topological polar surface area (TPSA) is 103 Å². The molecule has 4 rings (SSSR count). The Bertz CT molecular complexity index is 1360. The minimum Gasteiger partial charge on any atom is -0.365 e. The molecule has 32 heavy (non-hydrogen) atoms. The zero-order chi connectivity index (χ0) is 23.2. The molecule has 0 aliphatic heterocycles. The third-order valence-corrected chi connectivity index (χ3v) is 7.09. The van der Waals surface area contributed by atoms with Crippen LogP contribution in [0.25, 0.3) is 20.7 Å². The molecule has 2 amide bonds. The number of nitrogens with two attached hydrogens (primary N) is 1. The van der Waals surface area contributed by atoms with Gasteiger partial charge < -0.3 is 11.1 Å². The molecule has 0 unspecified atom stereocenters. The number of hydrogen-bond acceptors (Lipinski definition) is 6. The second-order valence-electron chi connectivity index (χ2n) is 6.77. The number of thiophene rings is 2. The van der Waals surface area contributed by atoms with Crippen molar-refractivity contribution in [2.75, 3.05) is 5.32 Å². The highest BCUT2D eigenvalue weighted by molar-refractivity contribution is 7.21. The minimum atomic E-state index is -2.81. The summed E-state index contributed by atoms with van der Waals surface area (Å²) in [5, 5.41) is 7.24. The number of hydrogen-bond donors (Lipinski definition) is 2. The van der Waals surface area contributed by atoms with Gasteiger partial charge in [0, 0.05) is 27.2 Å². The van der Waals surface area contributed by atoms with Crippen LogP contribution in [0.3, 0.4) is 0 Å². The fourth-order valence-electron chi connectivity index (χ4n) is 3.30. The number of anilines is 1. The van der Waals surface area contributed by atoms with Crippen LogP contribution in [0.15, 0.2) is 24.4 Å². The number of alkyl halides is 2. The normalized spacial score (nSPS) is 11.4. The summed E-state index contributed by atoms with van der Waals surface area (Å²) in [5.41, 5.74) is 5.77. The van der Waals surface area contributed by atoms with Gasteiger partial charge in [-0.1, -0.05) is 11.6 Å². The number of nitrogens with one attached hydrogen (secondary N) is 1. The Kier molecular flexibility index (Phi) is 5.97. The molecular formula is C20H16ClF2N5O2S2. The standard InChI is InChI=1S/C20H16ClF2N5O2S2/c1-3-28-15(10(21)7-25-28)19(30)27-14-13-9(12-5-4-8(2)31-12)6-11(17(22)23)26-20(13)32-16(14)18(24)29/h4-7,17H,3H2,1-2H3,(H2,24,29)(H,27,30). The highest BCUT2D eigenvalue weighted by atomic mass is 35.5. The van der Waals surface area contributed by atoms with Crippen LogP contribution in [0.1, 0.15) is 44.1 Å². The van der Waals surface area contributed by atoms with Gasteiger partial charge in [-0.15, -0.1) is 22.7 Å². The molecule has 4 aromatic heterocycles. The van der Waals surface area contributed by atoms with Crippen molar-refractivity contribution >= 4 is 62.0 Å². The van der Waals surface area contributed by atoms with Crippen molar-refractivity contribution in [3.8, 4) is 10.4 Å². The van der Waals surface area contributed by atoms with E-state index in [1.54, 1.807) is 13.0 Å². The van der Waals surface area contributed by atoms with Gasteiger partial charge in [0.2, 0.25) is 0 Å². The number of nitrogens with zero attached hydrogens (tertiary/aromatic N) is 3. The number of amides is 2. The average Bonchev–Trinajstić information content (AvgIpc) is 3.44. The summed E-state index contributed by atoms with van der Waals surface area (Å²) in [6.45, 7) is 4.07. The second kappa shape index (κ2) is 8.57. The summed E-state index contributed by atoms with van der Waals surface area (Å²) in [5.74, 6) is -1.42. The Morgan fingerprint density at radius 1 is 1.31 bits per heavy atom. The third-order valence-electron chi connectivity index (χ3n) is 4.68. The molecule has 166 valence electrons. The summed E-state index contributed by atoms with van der Waals surface area (Å²) in [4.78, 5) is 31.1. The second-order valence-corrected chi connectivity index (χ2v) is 9.46. The molecule has 0 aromatic carbocycles. The van der Waals surface area contributed by atoms with E-state index in [1.165, 1.54) is 28.3 Å². The molecule has 0 saturated heterocycles. The summed E-state index contributed by atoms with van der Waals surface area (Å²) >= 11 is 8.38. The predicted octanol–water partition coefficient (Wildman–Crippen LogP) is 5.49. The summed E-state index contributed by atoms with van der Waals surface area (Å²) in [7, 11) is 0. The van der Waals surface area contributed by atoms with Crippen LogP contribution in [0.5, 0.6) is 0 Å². The van der Waals surface area contributed by atoms with Crippen LogP contribution in [-0.4, -0.2) is 26.6 Å². The first-order valence-corrected chi connectivity index (χ1v) is 11.4. The minimum absolute atomic E-state index is 0.000445. The summed E-state index contributed by atoms with van der Waals surface area (Å²) < 4.78 is 28.5. The van der Waals surface area contributed by atoms with Crippen LogP contribution in [-0.2, 0) is 6.54 Å². The number of fused-ring (bicyclic) bond motifs is 1. The molecule has 4 aromatic rings. The fraction of sp³-hybridized carbons (Fsp3) is 0.200. The highest BCUT2D eigenvalue weighted by Crippen LogP contribution is 2.44. The van der Waals surface area contributed by atoms with Crippen molar-refractivity contribution in [2.45, 2.75) is 26.8 Å². The van der Waals surface area contributed by atoms with E-state index in [0.29, 0.717) is 22.4 Å². The first kappa shape index (κ1) is 22.3. The van der Waals surface area contributed by atoms with Gasteiger partial charge in [0.05, 0.1) is 16.9 Å². The van der Waals surface area contributed by atoms with E-state index in [0.717, 1.165) is 16.2 Å². The Morgan fingerprint density at radius 2 is 2.06 bits per heavy atom. The molecule has 0 atom stereocenters. The van der Waals surface area contributed by atoms with Crippen LogP contribution in [0, 0.1) is 6.92 Å². The van der Waals surface area contributed by atoms with Crippen molar-refractivity contribution in [1.82, 2.24) is 14.8 Å². The van der Waals surface area contributed by atoms with E-state index in [1.807, 2.05) is 13.0 Å². The lowest BCUT2D eigenvalue weighted by Crippen LogP contribution is -2.20. The number of primary amides is 1. The molecule has 0 aliphatic carbocycles. The Hall–Kier alpha value is -2.89. The smallest absolute Gasteiger partial charge is 0.280 e. The molecule has 0 radical (unpaired) electrons. The van der Waals surface area contributed by atoms with Crippen molar-refractivity contribution in [1.29, 1.82) is 0 Å². The highest BCUT2D eigenvalue weighted by Gasteiger charge is 2.27. The maximum Gasteiger partial charge on any atom is 0.280 e. The maximum absolute atomic E-state index is 13.5. The van der Waals surface area contributed by atoms with E-state index < -0.39 is 23.9 Å². The van der Waals surface area contributed by atoms with Crippen LogP contribution >= 0.6 is 34.3 Å². The summed E-state index contributed by atoms with van der Waals surface area (Å²) in [6, 6.07) is 4.92. The van der Waals surface area contributed by atoms with Gasteiger partial charge in [0.25, 0.3) is 18.2 Å². The van der Waals surface area contributed by atoms with Gasteiger partial charge >= 0.3 is 0 Å². The third kappa shape index (κ3) is 3.87. The van der Waals surface area contributed by atoms with Gasteiger partial charge in [-0.2, -0.15) is 5.10 Å². The molecule has 0 saturated carbocycles. The monoisotopic (exact) mass is 495 g/mol. The van der Waals surface area contributed by atoms with E-state index in [2.05, 4.69) is 15.4 Å². The van der Waals surface area contributed by atoms with Gasteiger partial charge in [-0.05, 0) is 32.0 Å². The van der Waals surface area contributed by atoms with Crippen molar-refractivity contribution in [3.63, 3.8) is 0 Å². The van der Waals surface area contributed by atoms with Crippen LogP contribution in [0.4, 0.5) is 14.5 Å². The Morgan fingerprint density at radius 3 is 2.66 bits per heavy atom. The Balaban J connectivity index is 1.96. The molecule has 0 bridgehead atoms. The van der Waals surface area contributed by atoms with Gasteiger partial charge in [0.15, 0.2) is 0 Å². The maximum atomic E-state index is 13.5. The lowest BCUT2D eigenvalue weighted by Gasteiger charge is -2.11. The van der Waals surface area contributed by atoms with Gasteiger partial charge in [0.1, 0.15) is 21.1 Å². The van der Waals surface area contributed by atoms with Crippen molar-refractivity contribution in [3.05, 3.63) is 50.6 Å². The predicted molar refractivity (Wildman–Crippen MR) is 122 cm³/mol.